The van der Waals surface area contributed by atoms with E-state index in [1.807, 2.05) is 76.2 Å². The Morgan fingerprint density at radius 2 is 1.45 bits per heavy atom. The maximum atomic E-state index is 11.9. The van der Waals surface area contributed by atoms with Crippen LogP contribution in [-0.4, -0.2) is 45.1 Å². The van der Waals surface area contributed by atoms with Gasteiger partial charge >= 0.3 is 6.09 Å². The molecule has 2 aromatic carbocycles. The van der Waals surface area contributed by atoms with Gasteiger partial charge < -0.3 is 14.8 Å². The lowest BCUT2D eigenvalue weighted by molar-refractivity contribution is 0.118. The van der Waals surface area contributed by atoms with Crippen molar-refractivity contribution in [1.29, 1.82) is 0 Å². The van der Waals surface area contributed by atoms with Gasteiger partial charge in [-0.1, -0.05) is 43.3 Å². The number of hydrogen-bond donors (Lipinski definition) is 2. The number of ether oxygens (including phenoxy) is 2. The fraction of sp³-hybridized carbons (Fsp3) is 0.480. The molecule has 1 unspecified atom stereocenters. The van der Waals surface area contributed by atoms with Crippen molar-refractivity contribution in [2.24, 2.45) is 0 Å². The first kappa shape index (κ1) is 26.7. The summed E-state index contributed by atoms with van der Waals surface area (Å²) in [7, 11) is -3.27. The van der Waals surface area contributed by atoms with Crippen LogP contribution in [0.25, 0.3) is 11.1 Å². The van der Waals surface area contributed by atoms with E-state index in [-0.39, 0.29) is 24.7 Å². The average Bonchev–Trinajstić information content (AvgIpc) is 2.74. The largest absolute Gasteiger partial charge is 0.490 e. The van der Waals surface area contributed by atoms with Crippen molar-refractivity contribution in [3.63, 3.8) is 0 Å². The van der Waals surface area contributed by atoms with E-state index < -0.39 is 21.4 Å². The molecule has 0 aliphatic heterocycles. The number of amides is 1. The molecule has 0 heterocycles. The fourth-order valence-corrected chi connectivity index (χ4v) is 3.73. The molecule has 0 saturated heterocycles. The number of alkyl carbamates (subject to hydrolysis) is 1. The smallest absolute Gasteiger partial charge is 0.407 e. The van der Waals surface area contributed by atoms with Gasteiger partial charge in [0.05, 0.1) is 5.25 Å². The van der Waals surface area contributed by atoms with Gasteiger partial charge in [-0.3, -0.25) is 0 Å². The molecule has 2 aromatic rings. The van der Waals surface area contributed by atoms with Gasteiger partial charge in [0, 0.05) is 12.1 Å². The molecule has 0 aliphatic rings. The van der Waals surface area contributed by atoms with Crippen molar-refractivity contribution in [2.45, 2.75) is 58.2 Å². The monoisotopic (exact) mass is 476 g/mol. The van der Waals surface area contributed by atoms with Crippen molar-refractivity contribution in [1.82, 2.24) is 10.0 Å². The Bertz CT molecular complexity index is 995. The topological polar surface area (TPSA) is 93.7 Å². The molecule has 0 aromatic heterocycles. The summed E-state index contributed by atoms with van der Waals surface area (Å²) in [5, 5.41) is 2.28. The second kappa shape index (κ2) is 11.5. The molecule has 2 rings (SSSR count). The Hall–Kier alpha value is -2.58. The number of carbonyl (C=O) groups excluding carboxylic acids is 1. The third-order valence-corrected chi connectivity index (χ3v) is 6.75. The minimum Gasteiger partial charge on any atom is -0.490 e. The van der Waals surface area contributed by atoms with Crippen LogP contribution in [0, 0.1) is 0 Å². The van der Waals surface area contributed by atoms with Gasteiger partial charge in [0.15, 0.2) is 0 Å². The fourth-order valence-electron chi connectivity index (χ4n) is 2.91. The van der Waals surface area contributed by atoms with Crippen LogP contribution in [0.4, 0.5) is 4.79 Å². The highest BCUT2D eigenvalue weighted by Gasteiger charge is 2.17. The van der Waals surface area contributed by atoms with Gasteiger partial charge in [0.2, 0.25) is 10.0 Å². The zero-order valence-electron chi connectivity index (χ0n) is 20.3. The maximum absolute atomic E-state index is 11.9. The minimum absolute atomic E-state index is 0.0658. The van der Waals surface area contributed by atoms with Crippen molar-refractivity contribution < 1.29 is 22.7 Å². The third kappa shape index (κ3) is 9.06. The summed E-state index contributed by atoms with van der Waals surface area (Å²) in [4.78, 5) is 11.6. The van der Waals surface area contributed by atoms with Crippen LogP contribution in [-0.2, 0) is 14.8 Å². The first-order valence-electron chi connectivity index (χ1n) is 11.1. The molecule has 33 heavy (non-hydrogen) atoms. The van der Waals surface area contributed by atoms with Crippen molar-refractivity contribution in [3.05, 3.63) is 54.1 Å². The lowest BCUT2D eigenvalue weighted by Gasteiger charge is -2.19. The number of hydrogen-bond acceptors (Lipinski definition) is 5. The molecular formula is C25H36N2O5S. The summed E-state index contributed by atoms with van der Waals surface area (Å²) < 4.78 is 37.3. The zero-order chi connectivity index (χ0) is 24.6. The zero-order valence-corrected chi connectivity index (χ0v) is 21.2. The molecule has 0 fully saturated rings. The molecule has 7 nitrogen and oxygen atoms in total. The summed E-state index contributed by atoms with van der Waals surface area (Å²) in [6.45, 7) is 11.8. The standard InChI is InChI=1S/C25H36N2O5S/c1-18(2)33(29,30)26-17-19(3)20-7-9-21(10-8-20)22-11-13-23(14-12-22)31-15-16-32-24(28)27-25(4,5)6/h7-14,18-19,26H,15-17H2,1-6H3,(H,27,28). The quantitative estimate of drug-likeness (QED) is 0.485. The molecule has 1 atom stereocenters. The van der Waals surface area contributed by atoms with Gasteiger partial charge in [-0.25, -0.2) is 17.9 Å². The van der Waals surface area contributed by atoms with Gasteiger partial charge in [0.1, 0.15) is 19.0 Å². The summed E-state index contributed by atoms with van der Waals surface area (Å²) in [5.41, 5.74) is 2.83. The van der Waals surface area contributed by atoms with Crippen LogP contribution in [0.15, 0.2) is 48.5 Å². The van der Waals surface area contributed by atoms with Gasteiger partial charge in [-0.15, -0.1) is 0 Å². The van der Waals surface area contributed by atoms with E-state index >= 15 is 0 Å². The van der Waals surface area contributed by atoms with Gasteiger partial charge in [-0.05, 0) is 69.4 Å². The Balaban J connectivity index is 1.85. The van der Waals surface area contributed by atoms with Gasteiger partial charge in [-0.2, -0.15) is 0 Å². The van der Waals surface area contributed by atoms with Crippen LogP contribution < -0.4 is 14.8 Å². The molecule has 0 bridgehead atoms. The summed E-state index contributed by atoms with van der Waals surface area (Å²) in [6, 6.07) is 15.8. The first-order valence-corrected chi connectivity index (χ1v) is 12.7. The molecule has 182 valence electrons. The highest BCUT2D eigenvalue weighted by molar-refractivity contribution is 7.90. The van der Waals surface area contributed by atoms with Crippen LogP contribution in [0.1, 0.15) is 53.0 Å². The average molecular weight is 477 g/mol. The van der Waals surface area contributed by atoms with Crippen molar-refractivity contribution >= 4 is 16.1 Å². The normalized spacial score (nSPS) is 12.9. The van der Waals surface area contributed by atoms with Crippen LogP contribution in [0.5, 0.6) is 5.75 Å². The van der Waals surface area contributed by atoms with E-state index in [1.165, 1.54) is 0 Å². The predicted molar refractivity (Wildman–Crippen MR) is 132 cm³/mol. The van der Waals surface area contributed by atoms with E-state index in [1.54, 1.807) is 13.8 Å². The maximum Gasteiger partial charge on any atom is 0.407 e. The SMILES string of the molecule is CC(CNS(=O)(=O)C(C)C)c1ccc(-c2ccc(OCCOC(=O)NC(C)(C)C)cc2)cc1. The number of carbonyl (C=O) groups is 1. The van der Waals surface area contributed by atoms with E-state index in [0.29, 0.717) is 12.3 Å². The molecule has 0 spiro atoms. The highest BCUT2D eigenvalue weighted by Crippen LogP contribution is 2.25. The summed E-state index contributed by atoms with van der Waals surface area (Å²) >= 11 is 0. The van der Waals surface area contributed by atoms with Crippen molar-refractivity contribution in [3.8, 4) is 16.9 Å². The molecule has 0 aliphatic carbocycles. The summed E-state index contributed by atoms with van der Waals surface area (Å²) in [5.74, 6) is 0.761. The van der Waals surface area contributed by atoms with Crippen LogP contribution >= 0.6 is 0 Å². The highest BCUT2D eigenvalue weighted by atomic mass is 32.2. The molecule has 8 heteroatoms. The lowest BCUT2D eigenvalue weighted by atomic mass is 9.98. The Morgan fingerprint density at radius 1 is 0.909 bits per heavy atom. The Labute approximate surface area is 197 Å². The second-order valence-electron chi connectivity index (χ2n) is 9.35. The summed E-state index contributed by atoms with van der Waals surface area (Å²) in [6.07, 6.45) is -0.462. The second-order valence-corrected chi connectivity index (χ2v) is 11.7. The molecular weight excluding hydrogens is 440 g/mol. The molecule has 2 N–H and O–H groups in total. The van der Waals surface area contributed by atoms with Gasteiger partial charge in [0.25, 0.3) is 0 Å². The number of benzene rings is 2. The minimum atomic E-state index is -3.27. The van der Waals surface area contributed by atoms with E-state index in [2.05, 4.69) is 10.0 Å². The predicted octanol–water partition coefficient (Wildman–Crippen LogP) is 4.69. The van der Waals surface area contributed by atoms with E-state index in [4.69, 9.17) is 9.47 Å². The van der Waals surface area contributed by atoms with E-state index in [0.717, 1.165) is 16.7 Å². The first-order chi connectivity index (χ1) is 15.4. The number of rotatable bonds is 10. The van der Waals surface area contributed by atoms with Crippen LogP contribution in [0.2, 0.25) is 0 Å². The van der Waals surface area contributed by atoms with Crippen LogP contribution in [0.3, 0.4) is 0 Å². The molecule has 1 amide bonds. The lowest BCUT2D eigenvalue weighted by Crippen LogP contribution is -2.41. The Morgan fingerprint density at radius 3 is 1.97 bits per heavy atom. The number of nitrogens with one attached hydrogen (secondary N) is 2. The molecule has 0 radical (unpaired) electrons. The van der Waals surface area contributed by atoms with Crippen molar-refractivity contribution in [2.75, 3.05) is 19.8 Å². The van der Waals surface area contributed by atoms with E-state index in [9.17, 15) is 13.2 Å². The Kier molecular flexibility index (Phi) is 9.31. The number of sulfonamides is 1. The molecule has 0 saturated carbocycles. The third-order valence-electron chi connectivity index (χ3n) is 4.94.